The van der Waals surface area contributed by atoms with Crippen molar-refractivity contribution in [2.45, 2.75) is 39.7 Å². The molecule has 17 heavy (non-hydrogen) atoms. The molecule has 0 radical (unpaired) electrons. The summed E-state index contributed by atoms with van der Waals surface area (Å²) in [6.07, 6.45) is 2.41. The maximum Gasteiger partial charge on any atom is 0.0402 e. The fourth-order valence-electron chi connectivity index (χ4n) is 2.68. The monoisotopic (exact) mass is 233 g/mol. The second-order valence-corrected chi connectivity index (χ2v) is 5.29. The van der Waals surface area contributed by atoms with Crippen molar-refractivity contribution in [2.75, 3.05) is 18.0 Å². The molecule has 3 heteroatoms. The lowest BCUT2D eigenvalue weighted by Gasteiger charge is -2.35. The van der Waals surface area contributed by atoms with Crippen molar-refractivity contribution in [3.8, 4) is 0 Å². The molecule has 1 atom stereocenters. The predicted molar refractivity (Wildman–Crippen MR) is 72.3 cm³/mol. The van der Waals surface area contributed by atoms with Gasteiger partial charge in [-0.3, -0.25) is 4.98 Å². The van der Waals surface area contributed by atoms with Crippen LogP contribution in [0.25, 0.3) is 0 Å². The van der Waals surface area contributed by atoms with Crippen LogP contribution in [0.3, 0.4) is 0 Å². The van der Waals surface area contributed by atoms with Gasteiger partial charge in [-0.1, -0.05) is 0 Å². The Kier molecular flexibility index (Phi) is 3.67. The summed E-state index contributed by atoms with van der Waals surface area (Å²) in [6.45, 7) is 8.49. The van der Waals surface area contributed by atoms with Gasteiger partial charge in [0.2, 0.25) is 0 Å². The summed E-state index contributed by atoms with van der Waals surface area (Å²) in [6, 6.07) is 4.69. The molecule has 1 unspecified atom stereocenters. The van der Waals surface area contributed by atoms with E-state index in [0.717, 1.165) is 24.5 Å². The van der Waals surface area contributed by atoms with Crippen LogP contribution in [-0.4, -0.2) is 24.1 Å². The first kappa shape index (κ1) is 12.4. The van der Waals surface area contributed by atoms with Crippen LogP contribution >= 0.6 is 0 Å². The first-order chi connectivity index (χ1) is 8.06. The predicted octanol–water partition coefficient (Wildman–Crippen LogP) is 2.26. The Morgan fingerprint density at radius 1 is 1.24 bits per heavy atom. The summed E-state index contributed by atoms with van der Waals surface area (Å²) in [5.41, 5.74) is 9.50. The molecular weight excluding hydrogens is 210 g/mol. The molecule has 94 valence electrons. The van der Waals surface area contributed by atoms with Crippen molar-refractivity contribution in [3.05, 3.63) is 23.5 Å². The molecule has 1 fully saturated rings. The Hall–Kier alpha value is -1.09. The van der Waals surface area contributed by atoms with E-state index < -0.39 is 0 Å². The largest absolute Gasteiger partial charge is 0.371 e. The Labute approximate surface area is 104 Å². The second kappa shape index (κ2) is 5.05. The van der Waals surface area contributed by atoms with E-state index in [1.54, 1.807) is 0 Å². The Balaban J connectivity index is 2.05. The summed E-state index contributed by atoms with van der Waals surface area (Å²) in [7, 11) is 0. The highest BCUT2D eigenvalue weighted by Gasteiger charge is 2.22. The summed E-state index contributed by atoms with van der Waals surface area (Å²) in [4.78, 5) is 6.88. The minimum absolute atomic E-state index is 0.332. The molecule has 3 nitrogen and oxygen atoms in total. The van der Waals surface area contributed by atoms with E-state index in [1.807, 2.05) is 0 Å². The van der Waals surface area contributed by atoms with Crippen molar-refractivity contribution in [2.24, 2.45) is 11.7 Å². The van der Waals surface area contributed by atoms with Crippen LogP contribution in [0.2, 0.25) is 0 Å². The third-order valence-electron chi connectivity index (χ3n) is 3.71. The van der Waals surface area contributed by atoms with E-state index in [2.05, 4.69) is 42.8 Å². The SMILES string of the molecule is Cc1cc(N2CCC(C(C)N)CC2)cc(C)n1. The van der Waals surface area contributed by atoms with Crippen LogP contribution in [0.4, 0.5) is 5.69 Å². The third-order valence-corrected chi connectivity index (χ3v) is 3.71. The molecule has 2 N–H and O–H groups in total. The molecule has 0 aliphatic carbocycles. The van der Waals surface area contributed by atoms with Gasteiger partial charge in [0.1, 0.15) is 0 Å². The number of hydrogen-bond acceptors (Lipinski definition) is 3. The molecule has 1 aliphatic rings. The first-order valence-corrected chi connectivity index (χ1v) is 6.52. The zero-order chi connectivity index (χ0) is 12.4. The summed E-state index contributed by atoms with van der Waals surface area (Å²) in [5.74, 6) is 0.690. The normalized spacial score (nSPS) is 19.4. The van der Waals surface area contributed by atoms with Crippen molar-refractivity contribution < 1.29 is 0 Å². The van der Waals surface area contributed by atoms with Crippen molar-refractivity contribution in [1.29, 1.82) is 0 Å². The zero-order valence-electron chi connectivity index (χ0n) is 11.1. The highest BCUT2D eigenvalue weighted by Crippen LogP contribution is 2.25. The van der Waals surface area contributed by atoms with Gasteiger partial charge in [0, 0.05) is 36.2 Å². The molecule has 0 bridgehead atoms. The average Bonchev–Trinajstić information content (AvgIpc) is 2.28. The van der Waals surface area contributed by atoms with Gasteiger partial charge in [0.05, 0.1) is 0 Å². The third kappa shape index (κ3) is 2.97. The van der Waals surface area contributed by atoms with Crippen LogP contribution in [0, 0.1) is 19.8 Å². The molecule has 0 aromatic carbocycles. The lowest BCUT2D eigenvalue weighted by atomic mass is 9.91. The number of anilines is 1. The van der Waals surface area contributed by atoms with E-state index in [9.17, 15) is 0 Å². The average molecular weight is 233 g/mol. The molecule has 2 heterocycles. The van der Waals surface area contributed by atoms with Gasteiger partial charge < -0.3 is 10.6 Å². The van der Waals surface area contributed by atoms with E-state index >= 15 is 0 Å². The number of nitrogens with two attached hydrogens (primary N) is 1. The fourth-order valence-corrected chi connectivity index (χ4v) is 2.68. The fraction of sp³-hybridized carbons (Fsp3) is 0.643. The minimum atomic E-state index is 0.332. The molecule has 0 amide bonds. The number of aromatic nitrogens is 1. The topological polar surface area (TPSA) is 42.1 Å². The number of aryl methyl sites for hydroxylation is 2. The number of nitrogens with zero attached hydrogens (tertiary/aromatic N) is 2. The molecule has 2 rings (SSSR count). The van der Waals surface area contributed by atoms with E-state index in [0.29, 0.717) is 12.0 Å². The molecule has 1 aromatic rings. The quantitative estimate of drug-likeness (QED) is 0.852. The molecular formula is C14H23N3. The molecule has 0 saturated carbocycles. The maximum atomic E-state index is 5.97. The number of rotatable bonds is 2. The number of pyridine rings is 1. The van der Waals surface area contributed by atoms with Gasteiger partial charge in [-0.25, -0.2) is 0 Å². The molecule has 1 aliphatic heterocycles. The van der Waals surface area contributed by atoms with Crippen LogP contribution in [0.5, 0.6) is 0 Å². The Bertz CT molecular complexity index is 359. The highest BCUT2D eigenvalue weighted by molar-refractivity contribution is 5.48. The van der Waals surface area contributed by atoms with Gasteiger partial charge in [-0.15, -0.1) is 0 Å². The Morgan fingerprint density at radius 2 is 1.76 bits per heavy atom. The van der Waals surface area contributed by atoms with Crippen LogP contribution in [-0.2, 0) is 0 Å². The standard InChI is InChI=1S/C14H23N3/c1-10-8-14(9-11(2)16-10)17-6-4-13(5-7-17)12(3)15/h8-9,12-13H,4-7,15H2,1-3H3. The van der Waals surface area contributed by atoms with Gasteiger partial charge in [-0.2, -0.15) is 0 Å². The summed E-state index contributed by atoms with van der Waals surface area (Å²) >= 11 is 0. The summed E-state index contributed by atoms with van der Waals surface area (Å²) in [5, 5.41) is 0. The van der Waals surface area contributed by atoms with Crippen molar-refractivity contribution in [3.63, 3.8) is 0 Å². The Morgan fingerprint density at radius 3 is 2.24 bits per heavy atom. The van der Waals surface area contributed by atoms with Crippen LogP contribution < -0.4 is 10.6 Å². The zero-order valence-corrected chi connectivity index (χ0v) is 11.1. The lowest BCUT2D eigenvalue weighted by Crippen LogP contribution is -2.39. The van der Waals surface area contributed by atoms with Crippen molar-refractivity contribution in [1.82, 2.24) is 4.98 Å². The molecule has 1 saturated heterocycles. The number of hydrogen-bond donors (Lipinski definition) is 1. The lowest BCUT2D eigenvalue weighted by molar-refractivity contribution is 0.354. The summed E-state index contributed by atoms with van der Waals surface area (Å²) < 4.78 is 0. The second-order valence-electron chi connectivity index (χ2n) is 5.29. The van der Waals surface area contributed by atoms with Gasteiger partial charge in [0.15, 0.2) is 0 Å². The van der Waals surface area contributed by atoms with Gasteiger partial charge in [-0.05, 0) is 51.7 Å². The van der Waals surface area contributed by atoms with E-state index in [1.165, 1.54) is 18.5 Å². The maximum absolute atomic E-state index is 5.97. The van der Waals surface area contributed by atoms with E-state index in [-0.39, 0.29) is 0 Å². The van der Waals surface area contributed by atoms with E-state index in [4.69, 9.17) is 5.73 Å². The highest BCUT2D eigenvalue weighted by atomic mass is 15.1. The number of piperidine rings is 1. The first-order valence-electron chi connectivity index (χ1n) is 6.52. The van der Waals surface area contributed by atoms with Crippen LogP contribution in [0.1, 0.15) is 31.2 Å². The molecule has 0 spiro atoms. The minimum Gasteiger partial charge on any atom is -0.371 e. The molecule has 1 aromatic heterocycles. The van der Waals surface area contributed by atoms with Gasteiger partial charge >= 0.3 is 0 Å². The smallest absolute Gasteiger partial charge is 0.0402 e. The van der Waals surface area contributed by atoms with Gasteiger partial charge in [0.25, 0.3) is 0 Å². The van der Waals surface area contributed by atoms with Crippen molar-refractivity contribution >= 4 is 5.69 Å². The van der Waals surface area contributed by atoms with Crippen LogP contribution in [0.15, 0.2) is 12.1 Å².